The van der Waals surface area contributed by atoms with Crippen molar-refractivity contribution in [3.63, 3.8) is 0 Å². The fraction of sp³-hybridized carbons (Fsp3) is 1.00. The van der Waals surface area contributed by atoms with Gasteiger partial charge >= 0.3 is 0 Å². The Morgan fingerprint density at radius 2 is 1.64 bits per heavy atom. The summed E-state index contributed by atoms with van der Waals surface area (Å²) in [6.07, 6.45) is 5.91. The second kappa shape index (κ2) is 3.82. The zero-order valence-corrected chi connectivity index (χ0v) is 9.04. The summed E-state index contributed by atoms with van der Waals surface area (Å²) in [6.45, 7) is 6.78. The van der Waals surface area contributed by atoms with Gasteiger partial charge in [0.05, 0.1) is 0 Å². The number of nitrogens with zero attached hydrogens (tertiary/aromatic N) is 1. The van der Waals surface area contributed by atoms with Crippen LogP contribution in [-0.4, -0.2) is 37.6 Å². The molecule has 0 aromatic rings. The summed E-state index contributed by atoms with van der Waals surface area (Å²) < 4.78 is 0. The second-order valence-corrected chi connectivity index (χ2v) is 5.52. The van der Waals surface area contributed by atoms with Crippen LogP contribution in [0.2, 0.25) is 0 Å². The zero-order chi connectivity index (χ0) is 9.38. The number of likely N-dealkylation sites (tertiary alicyclic amines) is 1. The Labute approximate surface area is 87.0 Å². The molecule has 2 saturated heterocycles. The summed E-state index contributed by atoms with van der Waals surface area (Å²) in [5.41, 5.74) is 0. The molecule has 2 aliphatic heterocycles. The number of hydrogen-bond acceptors (Lipinski definition) is 2. The molecule has 3 atom stereocenters. The van der Waals surface area contributed by atoms with E-state index in [0.29, 0.717) is 0 Å². The van der Waals surface area contributed by atoms with E-state index in [1.807, 2.05) is 0 Å². The fourth-order valence-electron chi connectivity index (χ4n) is 3.77. The molecule has 0 bridgehead atoms. The number of fused-ring (bicyclic) bond motifs is 1. The van der Waals surface area contributed by atoms with E-state index in [1.165, 1.54) is 58.4 Å². The highest BCUT2D eigenvalue weighted by Crippen LogP contribution is 2.39. The fourth-order valence-corrected chi connectivity index (χ4v) is 3.77. The van der Waals surface area contributed by atoms with E-state index in [2.05, 4.69) is 10.2 Å². The van der Waals surface area contributed by atoms with Crippen LogP contribution in [0.1, 0.15) is 25.7 Å². The predicted octanol–water partition coefficient (Wildman–Crippen LogP) is 1.33. The minimum absolute atomic E-state index is 1.03. The summed E-state index contributed by atoms with van der Waals surface area (Å²) in [5, 5.41) is 3.52. The molecule has 1 aliphatic carbocycles. The monoisotopic (exact) mass is 194 g/mol. The number of rotatable bonds is 2. The van der Waals surface area contributed by atoms with Crippen LogP contribution < -0.4 is 5.32 Å². The van der Waals surface area contributed by atoms with Gasteiger partial charge < -0.3 is 10.2 Å². The van der Waals surface area contributed by atoms with Crippen molar-refractivity contribution >= 4 is 0 Å². The minimum atomic E-state index is 1.03. The maximum Gasteiger partial charge on any atom is 0.000988 e. The molecule has 0 radical (unpaired) electrons. The van der Waals surface area contributed by atoms with Gasteiger partial charge in [0.25, 0.3) is 0 Å². The molecular formula is C12H22N2. The highest BCUT2D eigenvalue weighted by atomic mass is 15.1. The second-order valence-electron chi connectivity index (χ2n) is 5.52. The lowest BCUT2D eigenvalue weighted by Gasteiger charge is -2.20. The van der Waals surface area contributed by atoms with Crippen molar-refractivity contribution in [2.24, 2.45) is 17.8 Å². The SMILES string of the molecule is C1CCN(CC2C[C@H]3CNC[C@H]3C2)C1. The van der Waals surface area contributed by atoms with Crippen molar-refractivity contribution < 1.29 is 0 Å². The van der Waals surface area contributed by atoms with Crippen LogP contribution in [0.3, 0.4) is 0 Å². The van der Waals surface area contributed by atoms with E-state index in [-0.39, 0.29) is 0 Å². The molecule has 80 valence electrons. The van der Waals surface area contributed by atoms with E-state index >= 15 is 0 Å². The van der Waals surface area contributed by atoms with Gasteiger partial charge in [0.15, 0.2) is 0 Å². The maximum atomic E-state index is 3.52. The highest BCUT2D eigenvalue weighted by Gasteiger charge is 2.37. The molecule has 2 heteroatoms. The Hall–Kier alpha value is -0.0800. The number of nitrogens with one attached hydrogen (secondary N) is 1. The normalized spacial score (nSPS) is 43.3. The first-order chi connectivity index (χ1) is 6.92. The first-order valence-corrected chi connectivity index (χ1v) is 6.35. The average Bonchev–Trinajstić information content (AvgIpc) is 2.78. The topological polar surface area (TPSA) is 15.3 Å². The Bertz CT molecular complexity index is 186. The summed E-state index contributed by atoms with van der Waals surface area (Å²) in [4.78, 5) is 2.69. The van der Waals surface area contributed by atoms with Gasteiger partial charge in [-0.05, 0) is 69.6 Å². The van der Waals surface area contributed by atoms with Gasteiger partial charge in [-0.25, -0.2) is 0 Å². The average molecular weight is 194 g/mol. The standard InChI is InChI=1S/C12H22N2/c1-2-4-14(3-1)9-10-5-11-7-13-8-12(11)6-10/h10-13H,1-9H2/t10?,11-,12+. The third-order valence-corrected chi connectivity index (χ3v) is 4.47. The van der Waals surface area contributed by atoms with E-state index < -0.39 is 0 Å². The van der Waals surface area contributed by atoms with Gasteiger partial charge in [0.2, 0.25) is 0 Å². The Kier molecular flexibility index (Phi) is 2.50. The maximum absolute atomic E-state index is 3.52. The lowest BCUT2D eigenvalue weighted by molar-refractivity contribution is 0.272. The molecule has 0 aromatic heterocycles. The lowest BCUT2D eigenvalue weighted by Crippen LogP contribution is -2.26. The van der Waals surface area contributed by atoms with Gasteiger partial charge in [0.1, 0.15) is 0 Å². The third kappa shape index (κ3) is 1.70. The van der Waals surface area contributed by atoms with Gasteiger partial charge in [-0.1, -0.05) is 0 Å². The van der Waals surface area contributed by atoms with Crippen LogP contribution in [0.5, 0.6) is 0 Å². The smallest absolute Gasteiger partial charge is 0.000988 e. The molecule has 0 aromatic carbocycles. The highest BCUT2D eigenvalue weighted by molar-refractivity contribution is 4.91. The van der Waals surface area contributed by atoms with Crippen LogP contribution in [0.25, 0.3) is 0 Å². The Balaban J connectivity index is 1.50. The molecule has 1 saturated carbocycles. The summed E-state index contributed by atoms with van der Waals surface area (Å²) >= 11 is 0. The third-order valence-electron chi connectivity index (χ3n) is 4.47. The largest absolute Gasteiger partial charge is 0.316 e. The molecular weight excluding hydrogens is 172 g/mol. The quantitative estimate of drug-likeness (QED) is 0.713. The Morgan fingerprint density at radius 3 is 2.29 bits per heavy atom. The molecule has 2 heterocycles. The Morgan fingerprint density at radius 1 is 1.00 bits per heavy atom. The minimum Gasteiger partial charge on any atom is -0.316 e. The van der Waals surface area contributed by atoms with Crippen LogP contribution >= 0.6 is 0 Å². The molecule has 3 rings (SSSR count). The van der Waals surface area contributed by atoms with Crippen molar-refractivity contribution in [2.75, 3.05) is 32.7 Å². The molecule has 3 fully saturated rings. The summed E-state index contributed by atoms with van der Waals surface area (Å²) in [5.74, 6) is 3.09. The molecule has 1 N–H and O–H groups in total. The summed E-state index contributed by atoms with van der Waals surface area (Å²) in [7, 11) is 0. The van der Waals surface area contributed by atoms with Gasteiger partial charge in [-0.2, -0.15) is 0 Å². The summed E-state index contributed by atoms with van der Waals surface area (Å²) in [6, 6.07) is 0. The van der Waals surface area contributed by atoms with Crippen LogP contribution in [-0.2, 0) is 0 Å². The van der Waals surface area contributed by atoms with Crippen LogP contribution in [0.4, 0.5) is 0 Å². The van der Waals surface area contributed by atoms with E-state index in [0.717, 1.165) is 17.8 Å². The van der Waals surface area contributed by atoms with Gasteiger partial charge in [-0.3, -0.25) is 0 Å². The molecule has 0 spiro atoms. The van der Waals surface area contributed by atoms with Crippen LogP contribution in [0.15, 0.2) is 0 Å². The lowest BCUT2D eigenvalue weighted by atomic mass is 10.0. The predicted molar refractivity (Wildman–Crippen MR) is 58.2 cm³/mol. The van der Waals surface area contributed by atoms with E-state index in [1.54, 1.807) is 0 Å². The van der Waals surface area contributed by atoms with Crippen molar-refractivity contribution in [3.05, 3.63) is 0 Å². The molecule has 3 aliphatic rings. The molecule has 0 amide bonds. The van der Waals surface area contributed by atoms with E-state index in [4.69, 9.17) is 0 Å². The first kappa shape index (κ1) is 9.17. The molecule has 14 heavy (non-hydrogen) atoms. The van der Waals surface area contributed by atoms with Crippen molar-refractivity contribution in [3.8, 4) is 0 Å². The van der Waals surface area contributed by atoms with Gasteiger partial charge in [0, 0.05) is 6.54 Å². The zero-order valence-electron chi connectivity index (χ0n) is 9.04. The first-order valence-electron chi connectivity index (χ1n) is 6.35. The van der Waals surface area contributed by atoms with Crippen LogP contribution in [0, 0.1) is 17.8 Å². The van der Waals surface area contributed by atoms with Crippen molar-refractivity contribution in [2.45, 2.75) is 25.7 Å². The molecule has 2 nitrogen and oxygen atoms in total. The van der Waals surface area contributed by atoms with E-state index in [9.17, 15) is 0 Å². The van der Waals surface area contributed by atoms with Crippen molar-refractivity contribution in [1.29, 1.82) is 0 Å². The van der Waals surface area contributed by atoms with Crippen molar-refractivity contribution in [1.82, 2.24) is 10.2 Å². The van der Waals surface area contributed by atoms with Gasteiger partial charge in [-0.15, -0.1) is 0 Å². The number of hydrogen-bond donors (Lipinski definition) is 1. The molecule has 1 unspecified atom stereocenters.